The topological polar surface area (TPSA) is 52.0 Å². The molecule has 1 aliphatic carbocycles. The van der Waals surface area contributed by atoms with Crippen molar-refractivity contribution in [2.24, 2.45) is 0 Å². The van der Waals surface area contributed by atoms with Crippen LogP contribution in [0.3, 0.4) is 0 Å². The number of quaternary nitrogens is 1. The fraction of sp³-hybridized carbons (Fsp3) is 0.409. The van der Waals surface area contributed by atoms with Gasteiger partial charge in [-0.25, -0.2) is 0 Å². The van der Waals surface area contributed by atoms with Crippen LogP contribution in [0.2, 0.25) is 0 Å². The van der Waals surface area contributed by atoms with Crippen LogP contribution in [0.1, 0.15) is 43.7 Å². The highest BCUT2D eigenvalue weighted by atomic mass is 16.7. The lowest BCUT2D eigenvalue weighted by atomic mass is 10.0. The Hall–Kier alpha value is -2.53. The molecule has 27 heavy (non-hydrogen) atoms. The number of fused-ring (bicyclic) bond motifs is 1. The van der Waals surface area contributed by atoms with Crippen molar-refractivity contribution in [3.05, 3.63) is 53.6 Å². The van der Waals surface area contributed by atoms with E-state index in [0.717, 1.165) is 18.0 Å². The average molecular weight is 367 g/mol. The number of ether oxygens (including phenoxy) is 2. The summed E-state index contributed by atoms with van der Waals surface area (Å²) < 4.78 is 10.7. The molecule has 2 aliphatic rings. The Morgan fingerprint density at radius 1 is 1.11 bits per heavy atom. The minimum absolute atomic E-state index is 0.0366. The maximum atomic E-state index is 12.6. The Morgan fingerprint density at radius 3 is 2.56 bits per heavy atom. The lowest BCUT2D eigenvalue weighted by Crippen LogP contribution is -3.13. The molecule has 0 saturated heterocycles. The van der Waals surface area contributed by atoms with Crippen LogP contribution < -0.4 is 19.7 Å². The van der Waals surface area contributed by atoms with E-state index >= 15 is 0 Å². The Morgan fingerprint density at radius 2 is 1.85 bits per heavy atom. The number of nitrogens with one attached hydrogen (secondary N) is 2. The van der Waals surface area contributed by atoms with E-state index < -0.39 is 0 Å². The summed E-state index contributed by atoms with van der Waals surface area (Å²) in [6, 6.07) is 14.9. The van der Waals surface area contributed by atoms with Crippen molar-refractivity contribution in [2.75, 3.05) is 18.7 Å². The highest BCUT2D eigenvalue weighted by Gasteiger charge is 2.34. The van der Waals surface area contributed by atoms with Crippen LogP contribution in [0, 0.1) is 0 Å². The summed E-state index contributed by atoms with van der Waals surface area (Å²) in [5.41, 5.74) is 3.39. The third-order valence-electron chi connectivity index (χ3n) is 5.28. The summed E-state index contributed by atoms with van der Waals surface area (Å²) in [7, 11) is 0. The number of carbonyl (C=O) groups is 1. The standard InChI is InChI=1S/C22H26N2O3/c1-15(2)17-5-3-16(4-6-17)12-24(19-8-9-19)13-22(25)23-18-7-10-20-21(11-18)27-14-26-20/h3-7,10-11,15,19H,8-9,12-14H2,1-2H3,(H,23,25)/p+1. The molecule has 2 aromatic carbocycles. The van der Waals surface area contributed by atoms with Gasteiger partial charge in [0.2, 0.25) is 6.79 Å². The molecule has 4 rings (SSSR count). The second-order valence-corrected chi connectivity index (χ2v) is 7.80. The van der Waals surface area contributed by atoms with Crippen LogP contribution in [0.25, 0.3) is 0 Å². The highest BCUT2D eigenvalue weighted by Crippen LogP contribution is 2.34. The molecule has 0 spiro atoms. The molecule has 1 amide bonds. The van der Waals surface area contributed by atoms with E-state index in [4.69, 9.17) is 9.47 Å². The molecule has 1 atom stereocenters. The quantitative estimate of drug-likeness (QED) is 0.791. The van der Waals surface area contributed by atoms with Gasteiger partial charge in [0.1, 0.15) is 6.54 Å². The molecule has 1 saturated carbocycles. The van der Waals surface area contributed by atoms with Gasteiger partial charge in [0, 0.05) is 30.2 Å². The van der Waals surface area contributed by atoms with E-state index in [-0.39, 0.29) is 12.7 Å². The van der Waals surface area contributed by atoms with Gasteiger partial charge in [0.05, 0.1) is 6.04 Å². The van der Waals surface area contributed by atoms with Gasteiger partial charge in [0.15, 0.2) is 18.0 Å². The number of benzene rings is 2. The summed E-state index contributed by atoms with van der Waals surface area (Å²) in [6.07, 6.45) is 2.41. The van der Waals surface area contributed by atoms with Crippen molar-refractivity contribution >= 4 is 11.6 Å². The fourth-order valence-electron chi connectivity index (χ4n) is 3.51. The van der Waals surface area contributed by atoms with Crippen LogP contribution in [0.5, 0.6) is 11.5 Å². The molecular weight excluding hydrogens is 340 g/mol. The van der Waals surface area contributed by atoms with E-state index in [1.54, 1.807) is 0 Å². The van der Waals surface area contributed by atoms with Crippen molar-refractivity contribution in [3.63, 3.8) is 0 Å². The minimum Gasteiger partial charge on any atom is -0.454 e. The fourth-order valence-corrected chi connectivity index (χ4v) is 3.51. The number of carbonyl (C=O) groups excluding carboxylic acids is 1. The van der Waals surface area contributed by atoms with E-state index in [1.807, 2.05) is 18.2 Å². The third-order valence-corrected chi connectivity index (χ3v) is 5.28. The zero-order valence-corrected chi connectivity index (χ0v) is 16.0. The number of hydrogen-bond donors (Lipinski definition) is 2. The second kappa shape index (κ2) is 7.61. The van der Waals surface area contributed by atoms with Gasteiger partial charge in [-0.05, 0) is 23.6 Å². The van der Waals surface area contributed by atoms with Gasteiger partial charge >= 0.3 is 0 Å². The molecule has 0 aromatic heterocycles. The summed E-state index contributed by atoms with van der Waals surface area (Å²) in [5, 5.41) is 3.00. The maximum absolute atomic E-state index is 12.6. The van der Waals surface area contributed by atoms with Gasteiger partial charge in [-0.15, -0.1) is 0 Å². The Balaban J connectivity index is 1.37. The summed E-state index contributed by atoms with van der Waals surface area (Å²) >= 11 is 0. The van der Waals surface area contributed by atoms with Crippen LogP contribution in [-0.4, -0.2) is 25.3 Å². The van der Waals surface area contributed by atoms with Crippen LogP contribution in [0.15, 0.2) is 42.5 Å². The lowest BCUT2D eigenvalue weighted by Gasteiger charge is -2.19. The van der Waals surface area contributed by atoms with Gasteiger partial charge in [0.25, 0.3) is 5.91 Å². The monoisotopic (exact) mass is 367 g/mol. The zero-order chi connectivity index (χ0) is 18.8. The first-order valence-corrected chi connectivity index (χ1v) is 9.71. The average Bonchev–Trinajstić information content (AvgIpc) is 3.39. The molecule has 142 valence electrons. The summed E-state index contributed by atoms with van der Waals surface area (Å²) in [6.45, 7) is 6.01. The molecular formula is C22H27N2O3+. The van der Waals surface area contributed by atoms with Crippen molar-refractivity contribution in [2.45, 2.75) is 45.2 Å². The molecule has 2 N–H and O–H groups in total. The molecule has 1 aliphatic heterocycles. The molecule has 1 heterocycles. The molecule has 1 fully saturated rings. The first kappa shape index (κ1) is 17.9. The number of amides is 1. The normalized spacial score (nSPS) is 16.4. The van der Waals surface area contributed by atoms with Crippen LogP contribution >= 0.6 is 0 Å². The third kappa shape index (κ3) is 4.42. The first-order chi connectivity index (χ1) is 13.1. The minimum atomic E-state index is 0.0366. The SMILES string of the molecule is CC(C)c1ccc(C[NH+](CC(=O)Nc2ccc3c(c2)OCO3)C2CC2)cc1. The largest absolute Gasteiger partial charge is 0.454 e. The zero-order valence-electron chi connectivity index (χ0n) is 16.0. The second-order valence-electron chi connectivity index (χ2n) is 7.80. The summed E-state index contributed by atoms with van der Waals surface area (Å²) in [5.74, 6) is 1.99. The summed E-state index contributed by atoms with van der Waals surface area (Å²) in [4.78, 5) is 13.9. The predicted molar refractivity (Wildman–Crippen MR) is 104 cm³/mol. The molecule has 5 nitrogen and oxygen atoms in total. The Bertz CT molecular complexity index is 813. The molecule has 1 unspecified atom stereocenters. The van der Waals surface area contributed by atoms with Crippen molar-refractivity contribution in [1.82, 2.24) is 0 Å². The van der Waals surface area contributed by atoms with Crippen molar-refractivity contribution < 1.29 is 19.2 Å². The van der Waals surface area contributed by atoms with Crippen molar-refractivity contribution in [3.8, 4) is 11.5 Å². The van der Waals surface area contributed by atoms with E-state index in [9.17, 15) is 4.79 Å². The van der Waals surface area contributed by atoms with Crippen LogP contribution in [-0.2, 0) is 11.3 Å². The molecule has 0 radical (unpaired) electrons. The van der Waals surface area contributed by atoms with Gasteiger partial charge < -0.3 is 19.7 Å². The van der Waals surface area contributed by atoms with Gasteiger partial charge in [-0.2, -0.15) is 0 Å². The van der Waals surface area contributed by atoms with E-state index in [2.05, 4.69) is 43.4 Å². The first-order valence-electron chi connectivity index (χ1n) is 9.71. The maximum Gasteiger partial charge on any atom is 0.279 e. The highest BCUT2D eigenvalue weighted by molar-refractivity contribution is 5.91. The van der Waals surface area contributed by atoms with Gasteiger partial charge in [-0.1, -0.05) is 38.1 Å². The Kier molecular flexibility index (Phi) is 5.03. The molecule has 5 heteroatoms. The number of anilines is 1. The van der Waals surface area contributed by atoms with Gasteiger partial charge in [-0.3, -0.25) is 4.79 Å². The number of hydrogen-bond acceptors (Lipinski definition) is 3. The molecule has 2 aromatic rings. The lowest BCUT2D eigenvalue weighted by molar-refractivity contribution is -0.916. The van der Waals surface area contributed by atoms with Crippen molar-refractivity contribution in [1.29, 1.82) is 0 Å². The number of rotatable bonds is 7. The molecule has 0 bridgehead atoms. The van der Waals surface area contributed by atoms with E-state index in [0.29, 0.717) is 24.3 Å². The predicted octanol–water partition coefficient (Wildman–Crippen LogP) is 2.72. The van der Waals surface area contributed by atoms with Crippen LogP contribution in [0.4, 0.5) is 5.69 Å². The Labute approximate surface area is 160 Å². The smallest absolute Gasteiger partial charge is 0.279 e. The van der Waals surface area contributed by atoms with E-state index in [1.165, 1.54) is 28.9 Å².